The second-order valence-corrected chi connectivity index (χ2v) is 7.55. The average Bonchev–Trinajstić information content (AvgIpc) is 2.88. The van der Waals surface area contributed by atoms with E-state index in [-0.39, 0.29) is 10.8 Å². The molecule has 0 unspecified atom stereocenters. The second kappa shape index (κ2) is 5.32. The molecule has 0 radical (unpaired) electrons. The van der Waals surface area contributed by atoms with Gasteiger partial charge in [0.25, 0.3) is 10.0 Å². The number of hydrogen-bond donors (Lipinski definition) is 1. The summed E-state index contributed by atoms with van der Waals surface area (Å²) in [6.07, 6.45) is 0. The molecule has 0 amide bonds. The van der Waals surface area contributed by atoms with Gasteiger partial charge in [-0.15, -0.1) is 11.3 Å². The van der Waals surface area contributed by atoms with Crippen molar-refractivity contribution < 1.29 is 13.5 Å². The third kappa shape index (κ3) is 2.80. The first-order valence-electron chi connectivity index (χ1n) is 5.70. The summed E-state index contributed by atoms with van der Waals surface area (Å²) >= 11 is 1.09. The molecule has 1 aromatic heterocycles. The predicted molar refractivity (Wildman–Crippen MR) is 77.0 cm³/mol. The van der Waals surface area contributed by atoms with E-state index in [9.17, 15) is 8.42 Å². The highest BCUT2D eigenvalue weighted by atomic mass is 32.2. The van der Waals surface area contributed by atoms with Crippen LogP contribution in [0.15, 0.2) is 40.6 Å². The first kappa shape index (κ1) is 14.0. The van der Waals surface area contributed by atoms with Crippen LogP contribution in [0.2, 0.25) is 0 Å². The number of aliphatic hydroxyl groups is 1. The first-order chi connectivity index (χ1) is 8.95. The molecule has 2 aromatic rings. The summed E-state index contributed by atoms with van der Waals surface area (Å²) in [5.74, 6) is 0. The zero-order valence-corrected chi connectivity index (χ0v) is 12.3. The van der Waals surface area contributed by atoms with Crippen molar-refractivity contribution in [1.29, 1.82) is 0 Å². The summed E-state index contributed by atoms with van der Waals surface area (Å²) in [4.78, 5) is 0.635. The van der Waals surface area contributed by atoms with Crippen molar-refractivity contribution in [2.75, 3.05) is 11.4 Å². The highest BCUT2D eigenvalue weighted by molar-refractivity contribution is 7.94. The van der Waals surface area contributed by atoms with Gasteiger partial charge in [0.2, 0.25) is 0 Å². The molecule has 1 N–H and O–H groups in total. The number of hydrogen-bond acceptors (Lipinski definition) is 4. The lowest BCUT2D eigenvalue weighted by atomic mass is 10.2. The van der Waals surface area contributed by atoms with E-state index < -0.39 is 10.0 Å². The Morgan fingerprint density at radius 3 is 2.32 bits per heavy atom. The van der Waals surface area contributed by atoms with Gasteiger partial charge in [-0.2, -0.15) is 0 Å². The van der Waals surface area contributed by atoms with E-state index in [2.05, 4.69) is 0 Å². The molecule has 2 rings (SSSR count). The van der Waals surface area contributed by atoms with Crippen LogP contribution in [0.1, 0.15) is 10.4 Å². The van der Waals surface area contributed by atoms with E-state index in [4.69, 9.17) is 5.11 Å². The van der Waals surface area contributed by atoms with Crippen molar-refractivity contribution in [1.82, 2.24) is 0 Å². The van der Waals surface area contributed by atoms with E-state index in [0.29, 0.717) is 10.6 Å². The number of anilines is 1. The average molecular weight is 297 g/mol. The van der Waals surface area contributed by atoms with Crippen LogP contribution >= 0.6 is 11.3 Å². The summed E-state index contributed by atoms with van der Waals surface area (Å²) in [5, 5.41) is 9.00. The van der Waals surface area contributed by atoms with E-state index >= 15 is 0 Å². The minimum Gasteiger partial charge on any atom is -0.391 e. The third-order valence-electron chi connectivity index (χ3n) is 2.81. The zero-order valence-electron chi connectivity index (χ0n) is 10.7. The third-order valence-corrected chi connectivity index (χ3v) is 6.13. The van der Waals surface area contributed by atoms with Crippen LogP contribution in [-0.2, 0) is 16.6 Å². The van der Waals surface area contributed by atoms with Gasteiger partial charge in [-0.25, -0.2) is 8.42 Å². The molecule has 0 saturated heterocycles. The van der Waals surface area contributed by atoms with Crippen molar-refractivity contribution in [3.05, 3.63) is 46.8 Å². The minimum absolute atomic E-state index is 0.144. The van der Waals surface area contributed by atoms with Crippen LogP contribution in [0, 0.1) is 6.92 Å². The van der Waals surface area contributed by atoms with Crippen LogP contribution in [0.3, 0.4) is 0 Å². The lowest BCUT2D eigenvalue weighted by Crippen LogP contribution is -2.25. The van der Waals surface area contributed by atoms with Gasteiger partial charge >= 0.3 is 0 Å². The Labute approximate surface area is 117 Å². The molecule has 0 fully saturated rings. The van der Waals surface area contributed by atoms with Crippen LogP contribution in [-0.4, -0.2) is 20.6 Å². The van der Waals surface area contributed by atoms with E-state index in [1.54, 1.807) is 18.2 Å². The Bertz CT molecular complexity index is 659. The molecule has 0 aliphatic heterocycles. The fourth-order valence-corrected chi connectivity index (χ4v) is 4.19. The molecule has 0 atom stereocenters. The van der Waals surface area contributed by atoms with Gasteiger partial charge in [0.15, 0.2) is 0 Å². The number of sulfonamides is 1. The number of aliphatic hydroxyl groups excluding tert-OH is 1. The molecule has 0 spiro atoms. The maximum absolute atomic E-state index is 12.4. The summed E-state index contributed by atoms with van der Waals surface area (Å²) in [7, 11) is -2.03. The quantitative estimate of drug-likeness (QED) is 0.942. The second-order valence-electron chi connectivity index (χ2n) is 4.19. The molecule has 1 aromatic carbocycles. The van der Waals surface area contributed by atoms with Crippen LogP contribution in [0.5, 0.6) is 0 Å². The molecule has 0 aliphatic rings. The number of benzene rings is 1. The lowest BCUT2D eigenvalue weighted by molar-refractivity contribution is 0.285. The summed E-state index contributed by atoms with van der Waals surface area (Å²) in [5.41, 5.74) is 1.69. The predicted octanol–water partition coefficient (Wildman–Crippen LogP) is 2.37. The maximum atomic E-state index is 12.4. The molecular formula is C13H15NO3S2. The molecule has 6 heteroatoms. The Morgan fingerprint density at radius 1 is 1.16 bits per heavy atom. The molecule has 102 valence electrons. The van der Waals surface area contributed by atoms with Gasteiger partial charge in [-0.3, -0.25) is 4.31 Å². The van der Waals surface area contributed by atoms with E-state index in [1.165, 1.54) is 17.4 Å². The Morgan fingerprint density at radius 2 is 1.79 bits per heavy atom. The molecule has 4 nitrogen and oxygen atoms in total. The first-order valence-corrected chi connectivity index (χ1v) is 7.96. The standard InChI is InChI=1S/C13H15NO3S2/c1-10-3-5-11(6-4-10)14(2)19(16,17)13-8-7-12(9-15)18-13/h3-8,15H,9H2,1-2H3. The Balaban J connectivity index is 2.36. The van der Waals surface area contributed by atoms with Crippen molar-refractivity contribution >= 4 is 27.0 Å². The molecule has 0 saturated carbocycles. The zero-order chi connectivity index (χ0) is 14.0. The topological polar surface area (TPSA) is 57.6 Å². The highest BCUT2D eigenvalue weighted by Gasteiger charge is 2.23. The smallest absolute Gasteiger partial charge is 0.273 e. The summed E-state index contributed by atoms with van der Waals surface area (Å²) in [6.45, 7) is 1.81. The molecule has 1 heterocycles. The van der Waals surface area contributed by atoms with Crippen molar-refractivity contribution in [2.24, 2.45) is 0 Å². The summed E-state index contributed by atoms with van der Waals surface area (Å²) < 4.78 is 26.3. The van der Waals surface area contributed by atoms with Gasteiger partial charge in [-0.05, 0) is 31.2 Å². The normalized spacial score (nSPS) is 11.5. The van der Waals surface area contributed by atoms with Crippen molar-refractivity contribution in [3.63, 3.8) is 0 Å². The summed E-state index contributed by atoms with van der Waals surface area (Å²) in [6, 6.07) is 10.4. The maximum Gasteiger partial charge on any atom is 0.273 e. The number of nitrogens with zero attached hydrogens (tertiary/aromatic N) is 1. The largest absolute Gasteiger partial charge is 0.391 e. The molecule has 19 heavy (non-hydrogen) atoms. The van der Waals surface area contributed by atoms with Gasteiger partial charge in [0, 0.05) is 11.9 Å². The van der Waals surface area contributed by atoms with Crippen molar-refractivity contribution in [3.8, 4) is 0 Å². The fraction of sp³-hybridized carbons (Fsp3) is 0.231. The van der Waals surface area contributed by atoms with Gasteiger partial charge in [0.05, 0.1) is 12.3 Å². The van der Waals surface area contributed by atoms with Crippen molar-refractivity contribution in [2.45, 2.75) is 17.7 Å². The lowest BCUT2D eigenvalue weighted by Gasteiger charge is -2.18. The fourth-order valence-electron chi connectivity index (χ4n) is 1.61. The number of aryl methyl sites for hydroxylation is 1. The molecular weight excluding hydrogens is 282 g/mol. The minimum atomic E-state index is -3.55. The van der Waals surface area contributed by atoms with Gasteiger partial charge in [-0.1, -0.05) is 17.7 Å². The number of rotatable bonds is 4. The van der Waals surface area contributed by atoms with Crippen LogP contribution < -0.4 is 4.31 Å². The van der Waals surface area contributed by atoms with E-state index in [0.717, 1.165) is 16.9 Å². The Kier molecular flexibility index (Phi) is 3.93. The molecule has 0 aliphatic carbocycles. The SMILES string of the molecule is Cc1ccc(N(C)S(=O)(=O)c2ccc(CO)s2)cc1. The van der Waals surface area contributed by atoms with Crippen LogP contribution in [0.4, 0.5) is 5.69 Å². The highest BCUT2D eigenvalue weighted by Crippen LogP contribution is 2.27. The number of thiophene rings is 1. The van der Waals surface area contributed by atoms with Crippen LogP contribution in [0.25, 0.3) is 0 Å². The molecule has 0 bridgehead atoms. The Hall–Kier alpha value is -1.37. The van der Waals surface area contributed by atoms with Gasteiger partial charge < -0.3 is 5.11 Å². The monoisotopic (exact) mass is 297 g/mol. The van der Waals surface area contributed by atoms with Gasteiger partial charge in [0.1, 0.15) is 4.21 Å². The van der Waals surface area contributed by atoms with E-state index in [1.807, 2.05) is 19.1 Å².